The summed E-state index contributed by atoms with van der Waals surface area (Å²) in [4.78, 5) is 22.5. The Bertz CT molecular complexity index is 295. The normalized spacial score (nSPS) is 18.2. The summed E-state index contributed by atoms with van der Waals surface area (Å²) in [6.45, 7) is 7.75. The van der Waals surface area contributed by atoms with Gasteiger partial charge in [-0.25, -0.2) is 0 Å². The Balaban J connectivity index is 3.16. The molecule has 1 rings (SSSR count). The van der Waals surface area contributed by atoms with Crippen LogP contribution in [0.2, 0.25) is 0 Å². The highest BCUT2D eigenvalue weighted by Crippen LogP contribution is 2.31. The van der Waals surface area contributed by atoms with E-state index in [0.717, 1.165) is 5.70 Å². The Hall–Kier alpha value is -1.12. The molecule has 1 aliphatic rings. The molecule has 0 unspecified atom stereocenters. The second kappa shape index (κ2) is 2.98. The lowest BCUT2D eigenvalue weighted by molar-refractivity contribution is -0.134. The molecular formula is C10H15NO2. The van der Waals surface area contributed by atoms with Gasteiger partial charge in [0.05, 0.1) is 0 Å². The lowest BCUT2D eigenvalue weighted by atomic mass is 9.83. The van der Waals surface area contributed by atoms with Crippen molar-refractivity contribution in [2.45, 2.75) is 34.1 Å². The average Bonchev–Trinajstić information content (AvgIpc) is 2.26. The predicted octanol–water partition coefficient (Wildman–Crippen LogP) is 1.40. The number of Topliss-reactive ketones (excluding diaryl/α,β-unsaturated/α-hetero) is 1. The molecule has 1 amide bonds. The van der Waals surface area contributed by atoms with Crippen LogP contribution in [0, 0.1) is 5.41 Å². The van der Waals surface area contributed by atoms with E-state index >= 15 is 0 Å². The summed E-state index contributed by atoms with van der Waals surface area (Å²) in [5, 5.41) is 2.60. The van der Waals surface area contributed by atoms with Crippen molar-refractivity contribution in [1.29, 1.82) is 0 Å². The number of carbonyl (C=O) groups is 2. The monoisotopic (exact) mass is 181 g/mol. The van der Waals surface area contributed by atoms with Gasteiger partial charge in [-0.05, 0) is 11.8 Å². The van der Waals surface area contributed by atoms with Crippen LogP contribution in [0.4, 0.5) is 0 Å². The first-order valence-corrected chi connectivity index (χ1v) is 4.47. The van der Waals surface area contributed by atoms with Crippen LogP contribution < -0.4 is 5.32 Å². The standard InChI is InChI=1S/C10H15NO2/c1-5-6-7(10(2,3)4)8(12)9(13)11-6/h5H2,1-4H3,(H,11,12,13). The van der Waals surface area contributed by atoms with Gasteiger partial charge in [-0.15, -0.1) is 0 Å². The van der Waals surface area contributed by atoms with Gasteiger partial charge in [0.2, 0.25) is 5.78 Å². The molecule has 3 nitrogen and oxygen atoms in total. The van der Waals surface area contributed by atoms with Crippen LogP contribution in [0.1, 0.15) is 34.1 Å². The maximum atomic E-state index is 11.5. The fourth-order valence-electron chi connectivity index (χ4n) is 1.57. The van der Waals surface area contributed by atoms with Crippen LogP contribution in [0.15, 0.2) is 11.3 Å². The molecule has 0 saturated carbocycles. The quantitative estimate of drug-likeness (QED) is 0.621. The van der Waals surface area contributed by atoms with Crippen molar-refractivity contribution >= 4 is 11.7 Å². The lowest BCUT2D eigenvalue weighted by Crippen LogP contribution is -2.23. The third kappa shape index (κ3) is 1.64. The minimum absolute atomic E-state index is 0.248. The van der Waals surface area contributed by atoms with E-state index in [-0.39, 0.29) is 11.2 Å². The van der Waals surface area contributed by atoms with Gasteiger partial charge in [0.25, 0.3) is 5.91 Å². The number of ketones is 1. The summed E-state index contributed by atoms with van der Waals surface area (Å²) in [6.07, 6.45) is 0.698. The van der Waals surface area contributed by atoms with Gasteiger partial charge < -0.3 is 5.32 Å². The van der Waals surface area contributed by atoms with E-state index in [0.29, 0.717) is 12.0 Å². The smallest absolute Gasteiger partial charge is 0.296 e. The molecule has 1 N–H and O–H groups in total. The van der Waals surface area contributed by atoms with E-state index in [1.165, 1.54) is 0 Å². The van der Waals surface area contributed by atoms with Gasteiger partial charge >= 0.3 is 0 Å². The van der Waals surface area contributed by atoms with Crippen LogP contribution >= 0.6 is 0 Å². The van der Waals surface area contributed by atoms with E-state index in [4.69, 9.17) is 0 Å². The Morgan fingerprint density at radius 3 is 2.08 bits per heavy atom. The fourth-order valence-corrected chi connectivity index (χ4v) is 1.57. The van der Waals surface area contributed by atoms with Crippen molar-refractivity contribution in [2.24, 2.45) is 5.41 Å². The van der Waals surface area contributed by atoms with E-state index in [1.54, 1.807) is 0 Å². The van der Waals surface area contributed by atoms with Gasteiger partial charge in [-0.1, -0.05) is 27.7 Å². The molecule has 1 heterocycles. The first-order chi connectivity index (χ1) is 5.88. The number of nitrogens with one attached hydrogen (secondary N) is 1. The molecule has 0 aliphatic carbocycles. The molecule has 1 aliphatic heterocycles. The minimum atomic E-state index is -0.484. The minimum Gasteiger partial charge on any atom is -0.322 e. The molecule has 0 aromatic carbocycles. The highest BCUT2D eigenvalue weighted by atomic mass is 16.2. The van der Waals surface area contributed by atoms with Gasteiger partial charge in [0.1, 0.15) is 0 Å². The van der Waals surface area contributed by atoms with Crippen LogP contribution in [0.5, 0.6) is 0 Å². The molecule has 3 heteroatoms. The first kappa shape index (κ1) is 9.96. The average molecular weight is 181 g/mol. The second-order valence-electron chi connectivity index (χ2n) is 4.24. The number of allylic oxidation sites excluding steroid dienone is 1. The number of carbonyl (C=O) groups excluding carboxylic acids is 2. The highest BCUT2D eigenvalue weighted by Gasteiger charge is 2.36. The Morgan fingerprint density at radius 1 is 1.23 bits per heavy atom. The SMILES string of the molecule is CCC1=C(C(C)(C)C)C(=O)C(=O)N1. The first-order valence-electron chi connectivity index (χ1n) is 4.47. The summed E-state index contributed by atoms with van der Waals surface area (Å²) < 4.78 is 0. The van der Waals surface area contributed by atoms with Crippen molar-refractivity contribution in [3.63, 3.8) is 0 Å². The number of hydrogen-bond donors (Lipinski definition) is 1. The number of hydrogen-bond acceptors (Lipinski definition) is 2. The molecule has 13 heavy (non-hydrogen) atoms. The van der Waals surface area contributed by atoms with Crippen molar-refractivity contribution in [1.82, 2.24) is 5.32 Å². The molecule has 0 spiro atoms. The maximum Gasteiger partial charge on any atom is 0.296 e. The van der Waals surface area contributed by atoms with Gasteiger partial charge in [0.15, 0.2) is 0 Å². The van der Waals surface area contributed by atoms with Crippen LogP contribution in [-0.2, 0) is 9.59 Å². The van der Waals surface area contributed by atoms with Gasteiger partial charge in [-0.3, -0.25) is 9.59 Å². The third-order valence-corrected chi connectivity index (χ3v) is 2.10. The van der Waals surface area contributed by atoms with E-state index in [2.05, 4.69) is 5.32 Å². The third-order valence-electron chi connectivity index (χ3n) is 2.10. The molecule has 0 radical (unpaired) electrons. The molecule has 0 aromatic heterocycles. The summed E-state index contributed by atoms with van der Waals surface area (Å²) in [6, 6.07) is 0. The topological polar surface area (TPSA) is 46.2 Å². The predicted molar refractivity (Wildman–Crippen MR) is 49.9 cm³/mol. The molecule has 72 valence electrons. The molecule has 0 bridgehead atoms. The van der Waals surface area contributed by atoms with Crippen molar-refractivity contribution in [2.75, 3.05) is 0 Å². The van der Waals surface area contributed by atoms with Crippen LogP contribution in [0.3, 0.4) is 0 Å². The summed E-state index contributed by atoms with van der Waals surface area (Å²) in [7, 11) is 0. The van der Waals surface area contributed by atoms with Gasteiger partial charge in [-0.2, -0.15) is 0 Å². The second-order valence-corrected chi connectivity index (χ2v) is 4.24. The summed E-state index contributed by atoms with van der Waals surface area (Å²) >= 11 is 0. The highest BCUT2D eigenvalue weighted by molar-refractivity contribution is 6.45. The zero-order valence-corrected chi connectivity index (χ0v) is 8.52. The summed E-state index contributed by atoms with van der Waals surface area (Å²) in [5.41, 5.74) is 1.17. The molecule has 0 saturated heterocycles. The molecule has 0 atom stereocenters. The zero-order valence-electron chi connectivity index (χ0n) is 8.52. The van der Waals surface area contributed by atoms with E-state index in [9.17, 15) is 9.59 Å². The van der Waals surface area contributed by atoms with Crippen molar-refractivity contribution < 1.29 is 9.59 Å². The zero-order chi connectivity index (χ0) is 10.2. The number of rotatable bonds is 1. The Labute approximate surface area is 78.2 Å². The fraction of sp³-hybridized carbons (Fsp3) is 0.600. The molecular weight excluding hydrogens is 166 g/mol. The van der Waals surface area contributed by atoms with Gasteiger partial charge in [0, 0.05) is 11.3 Å². The molecule has 0 aromatic rings. The maximum absolute atomic E-state index is 11.5. The van der Waals surface area contributed by atoms with Crippen molar-refractivity contribution in [3.8, 4) is 0 Å². The Kier molecular flexibility index (Phi) is 2.28. The largest absolute Gasteiger partial charge is 0.322 e. The van der Waals surface area contributed by atoms with Crippen LogP contribution in [-0.4, -0.2) is 11.7 Å². The van der Waals surface area contributed by atoms with E-state index in [1.807, 2.05) is 27.7 Å². The van der Waals surface area contributed by atoms with Crippen molar-refractivity contribution in [3.05, 3.63) is 11.3 Å². The lowest BCUT2D eigenvalue weighted by Gasteiger charge is -2.19. The van der Waals surface area contributed by atoms with Crippen LogP contribution in [0.25, 0.3) is 0 Å². The number of amides is 1. The Morgan fingerprint density at radius 2 is 1.77 bits per heavy atom. The summed E-state index contributed by atoms with van der Waals surface area (Å²) in [5.74, 6) is -0.855. The molecule has 0 fully saturated rings. The van der Waals surface area contributed by atoms with E-state index < -0.39 is 5.91 Å².